The molecule has 0 saturated heterocycles. The highest BCUT2D eigenvalue weighted by molar-refractivity contribution is 6.28. The molecule has 0 fully saturated rings. The van der Waals surface area contributed by atoms with Crippen LogP contribution in [0.4, 0.5) is 5.82 Å². The van der Waals surface area contributed by atoms with E-state index in [0.717, 1.165) is 5.52 Å². The van der Waals surface area contributed by atoms with E-state index in [1.54, 1.807) is 13.4 Å². The molecule has 0 spiro atoms. The van der Waals surface area contributed by atoms with E-state index >= 15 is 0 Å². The lowest BCUT2D eigenvalue weighted by molar-refractivity contribution is 0.210. The topological polar surface area (TPSA) is 64.9 Å². The molecule has 0 aliphatic carbocycles. The number of aryl methyl sites for hydroxylation is 1. The predicted octanol–water partition coefficient (Wildman–Crippen LogP) is 1.07. The zero-order valence-corrected chi connectivity index (χ0v) is 9.82. The number of hydrogen-bond acceptors (Lipinski definition) is 5. The van der Waals surface area contributed by atoms with E-state index in [1.807, 2.05) is 11.6 Å². The fourth-order valence-corrected chi connectivity index (χ4v) is 1.59. The number of nitrogens with zero attached hydrogens (tertiary/aromatic N) is 4. The van der Waals surface area contributed by atoms with Gasteiger partial charge in [0.2, 0.25) is 5.28 Å². The summed E-state index contributed by atoms with van der Waals surface area (Å²) >= 11 is 5.80. The van der Waals surface area contributed by atoms with Crippen LogP contribution in [0.15, 0.2) is 6.33 Å². The van der Waals surface area contributed by atoms with Gasteiger partial charge in [-0.3, -0.25) is 0 Å². The van der Waals surface area contributed by atoms with Crippen molar-refractivity contribution >= 4 is 28.6 Å². The molecule has 86 valence electrons. The average molecular weight is 242 g/mol. The number of fused-ring (bicyclic) bond motifs is 1. The lowest BCUT2D eigenvalue weighted by atomic mass is 10.4. The van der Waals surface area contributed by atoms with Gasteiger partial charge in [0, 0.05) is 20.7 Å². The Morgan fingerprint density at radius 3 is 3.06 bits per heavy atom. The highest BCUT2D eigenvalue weighted by Crippen LogP contribution is 2.20. The summed E-state index contributed by atoms with van der Waals surface area (Å²) in [7, 11) is 3.53. The Hall–Kier alpha value is -1.40. The van der Waals surface area contributed by atoms with E-state index in [-0.39, 0.29) is 5.28 Å². The summed E-state index contributed by atoms with van der Waals surface area (Å²) < 4.78 is 6.80. The third-order valence-electron chi connectivity index (χ3n) is 2.14. The van der Waals surface area contributed by atoms with E-state index in [4.69, 9.17) is 16.3 Å². The van der Waals surface area contributed by atoms with Gasteiger partial charge < -0.3 is 14.6 Å². The zero-order chi connectivity index (χ0) is 11.5. The molecule has 2 aromatic heterocycles. The fraction of sp³-hybridized carbons (Fsp3) is 0.444. The van der Waals surface area contributed by atoms with Crippen molar-refractivity contribution in [2.45, 2.75) is 0 Å². The van der Waals surface area contributed by atoms with Crippen molar-refractivity contribution in [2.75, 3.05) is 25.6 Å². The Balaban J connectivity index is 2.37. The predicted molar refractivity (Wildman–Crippen MR) is 61.7 cm³/mol. The van der Waals surface area contributed by atoms with Crippen LogP contribution in [0.25, 0.3) is 11.2 Å². The first-order valence-electron chi connectivity index (χ1n) is 4.79. The molecular weight excluding hydrogens is 230 g/mol. The molecule has 0 atom stereocenters. The maximum absolute atomic E-state index is 5.80. The standard InChI is InChI=1S/C9H12ClN5O/c1-15-5-12-8-6(15)7(11-3-4-16-2)13-9(10)14-8/h5H,3-4H2,1-2H3,(H,11,13,14). The smallest absolute Gasteiger partial charge is 0.226 e. The number of methoxy groups -OCH3 is 1. The molecule has 1 N–H and O–H groups in total. The van der Waals surface area contributed by atoms with Crippen LogP contribution in [0, 0.1) is 0 Å². The Bertz CT molecular complexity index is 498. The Morgan fingerprint density at radius 1 is 1.50 bits per heavy atom. The highest BCUT2D eigenvalue weighted by atomic mass is 35.5. The molecule has 7 heteroatoms. The van der Waals surface area contributed by atoms with Gasteiger partial charge >= 0.3 is 0 Å². The number of ether oxygens (including phenoxy) is 1. The minimum atomic E-state index is 0.186. The number of anilines is 1. The second-order valence-electron chi connectivity index (χ2n) is 3.29. The van der Waals surface area contributed by atoms with Gasteiger partial charge in [0.15, 0.2) is 11.5 Å². The van der Waals surface area contributed by atoms with Crippen molar-refractivity contribution in [3.05, 3.63) is 11.6 Å². The third kappa shape index (κ3) is 2.07. The maximum atomic E-state index is 5.80. The summed E-state index contributed by atoms with van der Waals surface area (Å²) in [4.78, 5) is 12.3. The van der Waals surface area contributed by atoms with Crippen LogP contribution in [0.1, 0.15) is 0 Å². The summed E-state index contributed by atoms with van der Waals surface area (Å²) in [5.74, 6) is 0.673. The first kappa shape index (κ1) is 11.1. The van der Waals surface area contributed by atoms with Crippen LogP contribution in [0.3, 0.4) is 0 Å². The first-order valence-corrected chi connectivity index (χ1v) is 5.17. The quantitative estimate of drug-likeness (QED) is 0.641. The minimum Gasteiger partial charge on any atom is -0.383 e. The van der Waals surface area contributed by atoms with Crippen molar-refractivity contribution in [1.82, 2.24) is 19.5 Å². The van der Waals surface area contributed by atoms with Gasteiger partial charge in [-0.05, 0) is 11.6 Å². The molecule has 0 radical (unpaired) electrons. The Labute approximate surface area is 97.6 Å². The van der Waals surface area contributed by atoms with Crippen molar-refractivity contribution in [3.8, 4) is 0 Å². The molecule has 0 amide bonds. The number of rotatable bonds is 4. The van der Waals surface area contributed by atoms with Crippen molar-refractivity contribution < 1.29 is 4.74 Å². The fourth-order valence-electron chi connectivity index (χ4n) is 1.43. The summed E-state index contributed by atoms with van der Waals surface area (Å²) in [5, 5.41) is 3.32. The monoisotopic (exact) mass is 241 g/mol. The molecule has 2 aromatic rings. The summed E-state index contributed by atoms with van der Waals surface area (Å²) in [6.45, 7) is 1.26. The van der Waals surface area contributed by atoms with E-state index in [9.17, 15) is 0 Å². The summed E-state index contributed by atoms with van der Waals surface area (Å²) in [6, 6.07) is 0. The Morgan fingerprint density at radius 2 is 2.31 bits per heavy atom. The number of aromatic nitrogens is 4. The molecule has 2 rings (SSSR count). The van der Waals surface area contributed by atoms with Gasteiger partial charge in [-0.1, -0.05) is 0 Å². The van der Waals surface area contributed by atoms with Gasteiger partial charge in [-0.15, -0.1) is 0 Å². The lowest BCUT2D eigenvalue weighted by Crippen LogP contribution is -2.10. The van der Waals surface area contributed by atoms with Gasteiger partial charge in [0.1, 0.15) is 5.52 Å². The third-order valence-corrected chi connectivity index (χ3v) is 2.31. The molecule has 6 nitrogen and oxygen atoms in total. The van der Waals surface area contributed by atoms with E-state index < -0.39 is 0 Å². The van der Waals surface area contributed by atoms with Gasteiger partial charge in [-0.25, -0.2) is 4.98 Å². The highest BCUT2D eigenvalue weighted by Gasteiger charge is 2.10. The molecule has 0 aliphatic rings. The molecule has 0 aliphatic heterocycles. The second-order valence-corrected chi connectivity index (χ2v) is 3.63. The summed E-state index contributed by atoms with van der Waals surface area (Å²) in [5.41, 5.74) is 1.42. The average Bonchev–Trinajstić information content (AvgIpc) is 2.60. The molecule has 0 bridgehead atoms. The van der Waals surface area contributed by atoms with Gasteiger partial charge in [-0.2, -0.15) is 9.97 Å². The van der Waals surface area contributed by atoms with Crippen LogP contribution >= 0.6 is 11.6 Å². The molecule has 0 unspecified atom stereocenters. The van der Waals surface area contributed by atoms with Crippen LogP contribution in [-0.2, 0) is 11.8 Å². The minimum absolute atomic E-state index is 0.186. The number of halogens is 1. The van der Waals surface area contributed by atoms with Gasteiger partial charge in [0.05, 0.1) is 12.9 Å². The van der Waals surface area contributed by atoms with Crippen LogP contribution in [0.2, 0.25) is 5.28 Å². The SMILES string of the molecule is COCCNc1nc(Cl)nc2ncn(C)c12. The van der Waals surface area contributed by atoms with Gasteiger partial charge in [0.25, 0.3) is 0 Å². The number of nitrogens with one attached hydrogen (secondary N) is 1. The van der Waals surface area contributed by atoms with Crippen LogP contribution in [-0.4, -0.2) is 39.8 Å². The first-order chi connectivity index (χ1) is 7.72. The zero-order valence-electron chi connectivity index (χ0n) is 9.07. The molecule has 16 heavy (non-hydrogen) atoms. The number of imidazole rings is 1. The number of hydrogen-bond donors (Lipinski definition) is 1. The molecule has 0 aromatic carbocycles. The van der Waals surface area contributed by atoms with Crippen molar-refractivity contribution in [2.24, 2.45) is 7.05 Å². The van der Waals surface area contributed by atoms with E-state index in [2.05, 4.69) is 20.3 Å². The van der Waals surface area contributed by atoms with Crippen molar-refractivity contribution in [1.29, 1.82) is 0 Å². The van der Waals surface area contributed by atoms with Crippen LogP contribution in [0.5, 0.6) is 0 Å². The largest absolute Gasteiger partial charge is 0.383 e. The van der Waals surface area contributed by atoms with E-state index in [1.165, 1.54) is 0 Å². The maximum Gasteiger partial charge on any atom is 0.226 e. The Kier molecular flexibility index (Phi) is 3.21. The molecule has 0 saturated carbocycles. The van der Waals surface area contributed by atoms with Crippen LogP contribution < -0.4 is 5.32 Å². The van der Waals surface area contributed by atoms with E-state index in [0.29, 0.717) is 24.6 Å². The lowest BCUT2D eigenvalue weighted by Gasteiger charge is -2.07. The van der Waals surface area contributed by atoms with Crippen molar-refractivity contribution in [3.63, 3.8) is 0 Å². The normalized spacial score (nSPS) is 10.9. The molecule has 2 heterocycles. The molecular formula is C9H12ClN5O. The second kappa shape index (κ2) is 4.63. The summed E-state index contributed by atoms with van der Waals surface area (Å²) in [6.07, 6.45) is 1.68.